The van der Waals surface area contributed by atoms with Crippen LogP contribution in [-0.4, -0.2) is 12.5 Å². The zero-order chi connectivity index (χ0) is 7.98. The molecule has 0 aromatic heterocycles. The summed E-state index contributed by atoms with van der Waals surface area (Å²) in [6.45, 7) is 6.71. The number of hydrogen-bond donors (Lipinski definition) is 1. The van der Waals surface area contributed by atoms with Gasteiger partial charge in [0.05, 0.1) is 0 Å². The van der Waals surface area contributed by atoms with Crippen LogP contribution in [0.4, 0.5) is 0 Å². The molecule has 1 amide bonds. The van der Waals surface area contributed by atoms with E-state index in [9.17, 15) is 4.79 Å². The van der Waals surface area contributed by atoms with Gasteiger partial charge in [-0.3, -0.25) is 4.79 Å². The number of rotatable bonds is 0. The van der Waals surface area contributed by atoms with Gasteiger partial charge in [0.15, 0.2) is 0 Å². The van der Waals surface area contributed by atoms with Crippen molar-refractivity contribution in [2.24, 2.45) is 0 Å². The van der Waals surface area contributed by atoms with Crippen LogP contribution in [0.2, 0.25) is 0 Å². The molecule has 0 aliphatic carbocycles. The van der Waals surface area contributed by atoms with Gasteiger partial charge < -0.3 is 5.32 Å². The van der Waals surface area contributed by atoms with Gasteiger partial charge in [0.2, 0.25) is 5.91 Å². The van der Waals surface area contributed by atoms with Crippen molar-refractivity contribution in [2.75, 3.05) is 6.54 Å². The number of carbonyl (C=O) groups excluding carboxylic acids is 1. The Labute approximate surface area is 62.3 Å². The van der Waals surface area contributed by atoms with Gasteiger partial charge in [0.25, 0.3) is 0 Å². The molecule has 0 radical (unpaired) electrons. The molecule has 58 valence electrons. The Morgan fingerprint density at radius 2 is 2.10 bits per heavy atom. The van der Waals surface area contributed by atoms with Gasteiger partial charge in [-0.25, -0.2) is 0 Å². The lowest BCUT2D eigenvalue weighted by atomic mass is 10.2. The standard InChI is InChI=1S/C6H9NO.C2H6/c1-2-5-3-4-7-6(5)8;1-2/h2H,3-4H2,1H3,(H,7,8);1-2H3/b5-2+;. The van der Waals surface area contributed by atoms with E-state index in [0.717, 1.165) is 18.5 Å². The van der Waals surface area contributed by atoms with Crippen molar-refractivity contribution in [1.82, 2.24) is 5.32 Å². The van der Waals surface area contributed by atoms with Crippen LogP contribution >= 0.6 is 0 Å². The van der Waals surface area contributed by atoms with Crippen molar-refractivity contribution < 1.29 is 4.79 Å². The summed E-state index contributed by atoms with van der Waals surface area (Å²) in [6.07, 6.45) is 2.76. The summed E-state index contributed by atoms with van der Waals surface area (Å²) >= 11 is 0. The highest BCUT2D eigenvalue weighted by Crippen LogP contribution is 2.05. The predicted octanol–water partition coefficient (Wildman–Crippen LogP) is 1.48. The van der Waals surface area contributed by atoms with E-state index < -0.39 is 0 Å². The fraction of sp³-hybridized carbons (Fsp3) is 0.625. The Hall–Kier alpha value is -0.790. The van der Waals surface area contributed by atoms with Crippen LogP contribution < -0.4 is 5.32 Å². The molecule has 1 aliphatic heterocycles. The number of nitrogens with one attached hydrogen (secondary N) is 1. The number of allylic oxidation sites excluding steroid dienone is 1. The second-order valence-corrected chi connectivity index (χ2v) is 1.82. The van der Waals surface area contributed by atoms with Crippen LogP contribution in [0, 0.1) is 0 Å². The predicted molar refractivity (Wildman–Crippen MR) is 42.7 cm³/mol. The number of amides is 1. The molecular weight excluding hydrogens is 126 g/mol. The number of carbonyl (C=O) groups is 1. The van der Waals surface area contributed by atoms with E-state index in [-0.39, 0.29) is 5.91 Å². The first-order valence-corrected chi connectivity index (χ1v) is 3.78. The molecule has 0 unspecified atom stereocenters. The summed E-state index contributed by atoms with van der Waals surface area (Å²) in [5.74, 6) is 0.104. The fourth-order valence-electron chi connectivity index (χ4n) is 0.813. The van der Waals surface area contributed by atoms with Gasteiger partial charge in [-0.2, -0.15) is 0 Å². The Morgan fingerprint density at radius 3 is 2.30 bits per heavy atom. The summed E-state index contributed by atoms with van der Waals surface area (Å²) in [5, 5.41) is 2.71. The second-order valence-electron chi connectivity index (χ2n) is 1.82. The normalized spacial score (nSPS) is 19.9. The SMILES string of the molecule is C/C=C1\CCNC1=O.CC. The molecule has 0 atom stereocenters. The molecule has 0 bridgehead atoms. The highest BCUT2D eigenvalue weighted by atomic mass is 16.1. The molecule has 10 heavy (non-hydrogen) atoms. The third-order valence-corrected chi connectivity index (χ3v) is 1.32. The van der Waals surface area contributed by atoms with Gasteiger partial charge in [0, 0.05) is 12.1 Å². The van der Waals surface area contributed by atoms with Crippen LogP contribution in [-0.2, 0) is 4.79 Å². The van der Waals surface area contributed by atoms with Crippen molar-refractivity contribution >= 4 is 5.91 Å². The van der Waals surface area contributed by atoms with Crippen LogP contribution in [0.15, 0.2) is 11.6 Å². The number of hydrogen-bond acceptors (Lipinski definition) is 1. The van der Waals surface area contributed by atoms with Gasteiger partial charge in [-0.05, 0) is 13.3 Å². The molecule has 1 fully saturated rings. The maximum absolute atomic E-state index is 10.6. The Bertz CT molecular complexity index is 138. The monoisotopic (exact) mass is 141 g/mol. The van der Waals surface area contributed by atoms with Crippen molar-refractivity contribution in [2.45, 2.75) is 27.2 Å². The molecule has 0 aromatic carbocycles. The first kappa shape index (κ1) is 9.21. The van der Waals surface area contributed by atoms with Crippen LogP contribution in [0.5, 0.6) is 0 Å². The average molecular weight is 141 g/mol. The zero-order valence-corrected chi connectivity index (χ0v) is 6.90. The molecule has 1 aliphatic rings. The lowest BCUT2D eigenvalue weighted by Gasteiger charge is -1.85. The Morgan fingerprint density at radius 1 is 1.50 bits per heavy atom. The first-order chi connectivity index (χ1) is 4.84. The summed E-state index contributed by atoms with van der Waals surface area (Å²) in [4.78, 5) is 10.6. The van der Waals surface area contributed by atoms with E-state index >= 15 is 0 Å². The van der Waals surface area contributed by atoms with Gasteiger partial charge in [0.1, 0.15) is 0 Å². The largest absolute Gasteiger partial charge is 0.352 e. The quantitative estimate of drug-likeness (QED) is 0.509. The van der Waals surface area contributed by atoms with Crippen molar-refractivity contribution in [3.63, 3.8) is 0 Å². The van der Waals surface area contributed by atoms with E-state index in [0.29, 0.717) is 0 Å². The zero-order valence-electron chi connectivity index (χ0n) is 6.90. The summed E-state index contributed by atoms with van der Waals surface area (Å²) in [5.41, 5.74) is 0.921. The first-order valence-electron chi connectivity index (χ1n) is 3.78. The van der Waals surface area contributed by atoms with Crippen LogP contribution in [0.25, 0.3) is 0 Å². The van der Waals surface area contributed by atoms with Gasteiger partial charge >= 0.3 is 0 Å². The van der Waals surface area contributed by atoms with E-state index in [4.69, 9.17) is 0 Å². The molecule has 2 nitrogen and oxygen atoms in total. The van der Waals surface area contributed by atoms with E-state index in [1.807, 2.05) is 26.8 Å². The third kappa shape index (κ3) is 2.21. The minimum absolute atomic E-state index is 0.104. The highest BCUT2D eigenvalue weighted by Gasteiger charge is 2.13. The van der Waals surface area contributed by atoms with Crippen molar-refractivity contribution in [1.29, 1.82) is 0 Å². The maximum Gasteiger partial charge on any atom is 0.246 e. The highest BCUT2D eigenvalue weighted by molar-refractivity contribution is 5.95. The topological polar surface area (TPSA) is 29.1 Å². The maximum atomic E-state index is 10.6. The van der Waals surface area contributed by atoms with E-state index in [1.165, 1.54) is 0 Å². The summed E-state index contributed by atoms with van der Waals surface area (Å²) in [6, 6.07) is 0. The molecule has 0 saturated carbocycles. The molecule has 1 saturated heterocycles. The third-order valence-electron chi connectivity index (χ3n) is 1.32. The average Bonchev–Trinajstić information content (AvgIpc) is 2.39. The summed E-state index contributed by atoms with van der Waals surface area (Å²) in [7, 11) is 0. The van der Waals surface area contributed by atoms with Crippen LogP contribution in [0.3, 0.4) is 0 Å². The molecule has 1 rings (SSSR count). The lowest BCUT2D eigenvalue weighted by Crippen LogP contribution is -2.13. The Balaban J connectivity index is 0.000000371. The van der Waals surface area contributed by atoms with Gasteiger partial charge in [-0.15, -0.1) is 0 Å². The van der Waals surface area contributed by atoms with E-state index in [2.05, 4.69) is 5.32 Å². The molecular formula is C8H15NO. The van der Waals surface area contributed by atoms with Gasteiger partial charge in [-0.1, -0.05) is 19.9 Å². The lowest BCUT2D eigenvalue weighted by molar-refractivity contribution is -0.116. The molecule has 1 N–H and O–H groups in total. The molecule has 1 heterocycles. The minimum atomic E-state index is 0.104. The second kappa shape index (κ2) is 5.03. The fourth-order valence-corrected chi connectivity index (χ4v) is 0.813. The molecule has 2 heteroatoms. The minimum Gasteiger partial charge on any atom is -0.352 e. The Kier molecular flexibility index (Phi) is 4.63. The molecule has 0 spiro atoms. The van der Waals surface area contributed by atoms with E-state index in [1.54, 1.807) is 0 Å². The van der Waals surface area contributed by atoms with Crippen molar-refractivity contribution in [3.05, 3.63) is 11.6 Å². The van der Waals surface area contributed by atoms with Crippen molar-refractivity contribution in [3.8, 4) is 0 Å². The smallest absolute Gasteiger partial charge is 0.246 e. The molecule has 0 aromatic rings. The summed E-state index contributed by atoms with van der Waals surface area (Å²) < 4.78 is 0. The van der Waals surface area contributed by atoms with Crippen LogP contribution in [0.1, 0.15) is 27.2 Å².